The van der Waals surface area contributed by atoms with Gasteiger partial charge in [0.15, 0.2) is 0 Å². The average molecular weight is 755 g/mol. The van der Waals surface area contributed by atoms with Gasteiger partial charge in [0, 0.05) is 41.8 Å². The van der Waals surface area contributed by atoms with E-state index < -0.39 is 40.0 Å². The second kappa shape index (κ2) is 13.3. The maximum absolute atomic E-state index is 16.5. The molecular formula is C41H24F6N2O2S2. The molecule has 0 bridgehead atoms. The molecule has 12 heteroatoms. The zero-order chi connectivity index (χ0) is 37.7. The summed E-state index contributed by atoms with van der Waals surface area (Å²) in [6, 6.07) is 31.1. The van der Waals surface area contributed by atoms with Crippen molar-refractivity contribution in [2.75, 3.05) is 14.2 Å². The second-order valence-corrected chi connectivity index (χ2v) is 14.1. The Bertz CT molecular complexity index is 2280. The minimum atomic E-state index is -5.81. The molecule has 7 rings (SSSR count). The summed E-state index contributed by atoms with van der Waals surface area (Å²) in [5, 5.41) is 18.6. The lowest BCUT2D eigenvalue weighted by Gasteiger charge is -2.26. The molecule has 0 saturated heterocycles. The van der Waals surface area contributed by atoms with E-state index in [0.29, 0.717) is 54.6 Å². The van der Waals surface area contributed by atoms with Crippen molar-refractivity contribution in [2.24, 2.45) is 0 Å². The summed E-state index contributed by atoms with van der Waals surface area (Å²) in [6.07, 6.45) is 0. The van der Waals surface area contributed by atoms with E-state index in [0.717, 1.165) is 22.7 Å². The molecule has 264 valence electrons. The molecule has 0 amide bonds. The number of methoxy groups -OCH3 is 2. The molecule has 0 spiro atoms. The molecule has 1 aliphatic carbocycles. The van der Waals surface area contributed by atoms with E-state index >= 15 is 26.3 Å². The molecule has 1 aliphatic rings. The highest BCUT2D eigenvalue weighted by molar-refractivity contribution is 7.19. The zero-order valence-electron chi connectivity index (χ0n) is 27.7. The minimum absolute atomic E-state index is 0.0567. The maximum Gasteiger partial charge on any atom is 0.380 e. The van der Waals surface area contributed by atoms with Crippen LogP contribution >= 0.6 is 22.7 Å². The Morgan fingerprint density at radius 3 is 1.11 bits per heavy atom. The van der Waals surface area contributed by atoms with Gasteiger partial charge in [-0.3, -0.25) is 0 Å². The summed E-state index contributed by atoms with van der Waals surface area (Å²) in [5.74, 6) is -15.6. The summed E-state index contributed by atoms with van der Waals surface area (Å²) in [7, 11) is 2.87. The number of hydrogen-bond donors (Lipinski definition) is 0. The lowest BCUT2D eigenvalue weighted by molar-refractivity contribution is -0.254. The minimum Gasteiger partial charge on any atom is -0.497 e. The van der Waals surface area contributed by atoms with Crippen LogP contribution in [0.5, 0.6) is 11.5 Å². The largest absolute Gasteiger partial charge is 0.497 e. The summed E-state index contributed by atoms with van der Waals surface area (Å²) >= 11 is 1.94. The molecule has 0 atom stereocenters. The molecule has 4 nitrogen and oxygen atoms in total. The first-order chi connectivity index (χ1) is 25.3. The van der Waals surface area contributed by atoms with Crippen LogP contribution in [0.3, 0.4) is 0 Å². The van der Waals surface area contributed by atoms with Crippen LogP contribution in [0.1, 0.15) is 22.3 Å². The fourth-order valence-corrected chi connectivity index (χ4v) is 8.55. The third kappa shape index (κ3) is 5.85. The Kier molecular flexibility index (Phi) is 8.93. The van der Waals surface area contributed by atoms with Crippen LogP contribution in [0.2, 0.25) is 0 Å². The van der Waals surface area contributed by atoms with Crippen molar-refractivity contribution in [3.63, 3.8) is 0 Å². The summed E-state index contributed by atoms with van der Waals surface area (Å²) in [4.78, 5) is 0.772. The molecule has 0 N–H and O–H groups in total. The maximum atomic E-state index is 16.5. The first kappa shape index (κ1) is 35.6. The second-order valence-electron chi connectivity index (χ2n) is 12.0. The van der Waals surface area contributed by atoms with Gasteiger partial charge in [-0.1, -0.05) is 24.3 Å². The van der Waals surface area contributed by atoms with Gasteiger partial charge in [-0.05, 0) is 107 Å². The highest BCUT2D eigenvalue weighted by atomic mass is 32.1. The Labute approximate surface area is 308 Å². The number of nitriles is 2. The summed E-state index contributed by atoms with van der Waals surface area (Å²) in [6.45, 7) is 0. The molecule has 2 heterocycles. The zero-order valence-corrected chi connectivity index (χ0v) is 29.3. The number of thiophene rings is 2. The van der Waals surface area contributed by atoms with E-state index in [2.05, 4.69) is 0 Å². The standard InChI is InChI=1S/C41H24F6N2O2S2/c1-50-29-15-11-27(12-16-29)37-31(19-33(52-37)25-7-3-23(21-48)4-8-25)35-36(40(44,45)41(46,47)39(35,42)43)32-20-34(26-9-5-24(22-49)6-10-26)53-38(32)28-13-17-30(51-2)18-14-28/h3-20H,1-2H3. The van der Waals surface area contributed by atoms with Gasteiger partial charge in [0.25, 0.3) is 0 Å². The van der Waals surface area contributed by atoms with Crippen LogP contribution in [-0.2, 0) is 0 Å². The first-order valence-corrected chi connectivity index (χ1v) is 17.4. The first-order valence-electron chi connectivity index (χ1n) is 15.8. The summed E-state index contributed by atoms with van der Waals surface area (Å²) < 4.78 is 108. The normalized spacial score (nSPS) is 15.5. The Morgan fingerprint density at radius 2 is 0.811 bits per heavy atom. The van der Waals surface area contributed by atoms with Gasteiger partial charge in [0.05, 0.1) is 37.5 Å². The van der Waals surface area contributed by atoms with Crippen LogP contribution < -0.4 is 9.47 Å². The Balaban J connectivity index is 1.56. The van der Waals surface area contributed by atoms with Gasteiger partial charge in [-0.15, -0.1) is 22.7 Å². The van der Waals surface area contributed by atoms with Gasteiger partial charge in [0.2, 0.25) is 0 Å². The average Bonchev–Trinajstić information content (AvgIpc) is 3.84. The lowest BCUT2D eigenvalue weighted by atomic mass is 9.91. The van der Waals surface area contributed by atoms with Gasteiger partial charge in [-0.2, -0.15) is 36.9 Å². The van der Waals surface area contributed by atoms with Gasteiger partial charge in [0.1, 0.15) is 11.5 Å². The highest BCUT2D eigenvalue weighted by Gasteiger charge is 2.80. The number of alkyl halides is 6. The number of hydrogen-bond acceptors (Lipinski definition) is 6. The number of nitrogens with zero attached hydrogens (tertiary/aromatic N) is 2. The SMILES string of the molecule is COc1ccc(-c2sc(-c3ccc(C#N)cc3)cc2C2=C(c3cc(-c4ccc(C#N)cc4)sc3-c3ccc(OC)cc3)C(F)(F)C(F)(F)C2(F)F)cc1. The van der Waals surface area contributed by atoms with Crippen LogP contribution in [0.15, 0.2) is 109 Å². The van der Waals surface area contributed by atoms with Crippen LogP contribution in [0, 0.1) is 22.7 Å². The quantitative estimate of drug-likeness (QED) is 0.145. The smallest absolute Gasteiger partial charge is 0.380 e. The molecule has 6 aromatic rings. The molecular weight excluding hydrogens is 731 g/mol. The van der Waals surface area contributed by atoms with Gasteiger partial charge in [-0.25, -0.2) is 0 Å². The highest BCUT2D eigenvalue weighted by Crippen LogP contribution is 2.67. The predicted octanol–water partition coefficient (Wildman–Crippen LogP) is 12.1. The fraction of sp³-hybridized carbons (Fsp3) is 0.122. The third-order valence-corrected chi connectivity index (χ3v) is 11.4. The van der Waals surface area contributed by atoms with Crippen LogP contribution in [0.25, 0.3) is 52.9 Å². The van der Waals surface area contributed by atoms with Crippen LogP contribution in [0.4, 0.5) is 26.3 Å². The molecule has 0 saturated carbocycles. The molecule has 2 aromatic heterocycles. The molecule has 0 fully saturated rings. The number of benzene rings is 4. The molecule has 0 unspecified atom stereocenters. The van der Waals surface area contributed by atoms with Crippen molar-refractivity contribution in [2.45, 2.75) is 17.8 Å². The number of rotatable bonds is 8. The number of allylic oxidation sites excluding steroid dienone is 2. The molecule has 53 heavy (non-hydrogen) atoms. The van der Waals surface area contributed by atoms with E-state index in [9.17, 15) is 10.5 Å². The van der Waals surface area contributed by atoms with Gasteiger partial charge >= 0.3 is 17.8 Å². The van der Waals surface area contributed by atoms with E-state index in [1.165, 1.54) is 74.9 Å². The van der Waals surface area contributed by atoms with Gasteiger partial charge < -0.3 is 9.47 Å². The molecule has 0 aliphatic heterocycles. The van der Waals surface area contributed by atoms with Crippen molar-refractivity contribution in [3.05, 3.63) is 131 Å². The summed E-state index contributed by atoms with van der Waals surface area (Å²) in [5.41, 5.74) is -1.74. The third-order valence-electron chi connectivity index (χ3n) is 8.97. The fourth-order valence-electron chi connectivity index (χ4n) is 6.20. The molecule has 0 radical (unpaired) electrons. The number of ether oxygens (including phenoxy) is 2. The van der Waals surface area contributed by atoms with E-state index in [1.54, 1.807) is 48.5 Å². The number of halogens is 6. The van der Waals surface area contributed by atoms with Crippen molar-refractivity contribution in [1.82, 2.24) is 0 Å². The van der Waals surface area contributed by atoms with Crippen LogP contribution in [-0.4, -0.2) is 32.0 Å². The monoisotopic (exact) mass is 754 g/mol. The predicted molar refractivity (Wildman–Crippen MR) is 195 cm³/mol. The van der Waals surface area contributed by atoms with Crippen molar-refractivity contribution < 1.29 is 35.8 Å². The Hall–Kier alpha value is -5.82. The van der Waals surface area contributed by atoms with E-state index in [1.807, 2.05) is 12.1 Å². The lowest BCUT2D eigenvalue weighted by Crippen LogP contribution is -2.48. The van der Waals surface area contributed by atoms with E-state index in [4.69, 9.17) is 9.47 Å². The topological polar surface area (TPSA) is 66.0 Å². The Morgan fingerprint density at radius 1 is 0.491 bits per heavy atom. The van der Waals surface area contributed by atoms with E-state index in [-0.39, 0.29) is 9.75 Å². The van der Waals surface area contributed by atoms with Crippen molar-refractivity contribution >= 4 is 33.8 Å². The molecule has 4 aromatic carbocycles. The van der Waals surface area contributed by atoms with Crippen molar-refractivity contribution in [3.8, 4) is 65.4 Å². The van der Waals surface area contributed by atoms with Crippen molar-refractivity contribution in [1.29, 1.82) is 10.5 Å².